The smallest absolute Gasteiger partial charge is 0.315 e. The van der Waals surface area contributed by atoms with Gasteiger partial charge in [-0.05, 0) is 30.9 Å². The Morgan fingerprint density at radius 1 is 1.45 bits per heavy atom. The summed E-state index contributed by atoms with van der Waals surface area (Å²) in [7, 11) is 0. The van der Waals surface area contributed by atoms with Gasteiger partial charge >= 0.3 is 6.03 Å². The first kappa shape index (κ1) is 16.1. The molecule has 2 heterocycles. The number of nitriles is 1. The summed E-state index contributed by atoms with van der Waals surface area (Å²) < 4.78 is 0. The molecule has 0 atom stereocenters. The SMILES string of the molecule is CC(C)CNC(=O)NC1CCN(c2ccc(C#N)cn2)CC1. The third-order valence-corrected chi connectivity index (χ3v) is 3.70. The molecule has 0 unspecified atom stereocenters. The number of pyridine rings is 1. The van der Waals surface area contributed by atoms with Crippen LogP contribution in [-0.2, 0) is 0 Å². The van der Waals surface area contributed by atoms with Crippen LogP contribution >= 0.6 is 0 Å². The van der Waals surface area contributed by atoms with Crippen LogP contribution in [0.5, 0.6) is 0 Å². The van der Waals surface area contributed by atoms with E-state index in [1.165, 1.54) is 0 Å². The van der Waals surface area contributed by atoms with E-state index >= 15 is 0 Å². The van der Waals surface area contributed by atoms with Crippen molar-refractivity contribution in [3.63, 3.8) is 0 Å². The van der Waals surface area contributed by atoms with Gasteiger partial charge in [0, 0.05) is 31.9 Å². The molecule has 0 bridgehead atoms. The number of aromatic nitrogens is 1. The molecule has 1 aromatic rings. The molecule has 22 heavy (non-hydrogen) atoms. The fourth-order valence-corrected chi connectivity index (χ4v) is 2.43. The minimum absolute atomic E-state index is 0.0800. The molecule has 2 N–H and O–H groups in total. The van der Waals surface area contributed by atoms with Crippen molar-refractivity contribution in [1.29, 1.82) is 5.26 Å². The molecule has 2 rings (SSSR count). The van der Waals surface area contributed by atoms with Gasteiger partial charge in [0.05, 0.1) is 5.56 Å². The molecule has 2 amide bonds. The van der Waals surface area contributed by atoms with Gasteiger partial charge in [0.2, 0.25) is 0 Å². The van der Waals surface area contributed by atoms with Gasteiger partial charge in [-0.25, -0.2) is 9.78 Å². The van der Waals surface area contributed by atoms with Gasteiger partial charge in [0.15, 0.2) is 0 Å². The topological polar surface area (TPSA) is 81.0 Å². The standard InChI is InChI=1S/C16H23N5O/c1-12(2)10-19-16(22)20-14-5-7-21(8-6-14)15-4-3-13(9-17)11-18-15/h3-4,11-12,14H,5-8,10H2,1-2H3,(H2,19,20,22). The fourth-order valence-electron chi connectivity index (χ4n) is 2.43. The summed E-state index contributed by atoms with van der Waals surface area (Å²) in [4.78, 5) is 18.3. The van der Waals surface area contributed by atoms with Gasteiger partial charge in [-0.3, -0.25) is 0 Å². The van der Waals surface area contributed by atoms with E-state index in [1.54, 1.807) is 12.3 Å². The molecule has 1 aliphatic heterocycles. The number of urea groups is 1. The van der Waals surface area contributed by atoms with E-state index in [9.17, 15) is 4.79 Å². The van der Waals surface area contributed by atoms with E-state index < -0.39 is 0 Å². The maximum atomic E-state index is 11.8. The maximum absolute atomic E-state index is 11.8. The molecule has 118 valence electrons. The Morgan fingerprint density at radius 3 is 2.73 bits per heavy atom. The van der Waals surface area contributed by atoms with Crippen molar-refractivity contribution in [2.45, 2.75) is 32.7 Å². The number of nitrogens with zero attached hydrogens (tertiary/aromatic N) is 3. The van der Waals surface area contributed by atoms with Crippen LogP contribution in [0.4, 0.5) is 10.6 Å². The van der Waals surface area contributed by atoms with Gasteiger partial charge in [-0.1, -0.05) is 13.8 Å². The van der Waals surface area contributed by atoms with E-state index in [0.717, 1.165) is 31.7 Å². The first-order valence-corrected chi connectivity index (χ1v) is 7.74. The maximum Gasteiger partial charge on any atom is 0.315 e. The molecule has 0 aliphatic carbocycles. The average Bonchev–Trinajstić information content (AvgIpc) is 2.54. The highest BCUT2D eigenvalue weighted by molar-refractivity contribution is 5.74. The first-order chi connectivity index (χ1) is 10.6. The van der Waals surface area contributed by atoms with E-state index in [-0.39, 0.29) is 12.1 Å². The van der Waals surface area contributed by atoms with E-state index in [1.807, 2.05) is 6.07 Å². The van der Waals surface area contributed by atoms with Crippen molar-refractivity contribution in [2.75, 3.05) is 24.5 Å². The normalized spacial score (nSPS) is 15.5. The average molecular weight is 301 g/mol. The number of piperidine rings is 1. The molecule has 1 aliphatic rings. The van der Waals surface area contributed by atoms with E-state index in [2.05, 4.69) is 40.4 Å². The number of hydrogen-bond acceptors (Lipinski definition) is 4. The third kappa shape index (κ3) is 4.62. The number of nitrogens with one attached hydrogen (secondary N) is 2. The zero-order chi connectivity index (χ0) is 15.9. The van der Waals surface area contributed by atoms with Crippen LogP contribution in [0.15, 0.2) is 18.3 Å². The van der Waals surface area contributed by atoms with Crippen LogP contribution < -0.4 is 15.5 Å². The number of hydrogen-bond donors (Lipinski definition) is 2. The first-order valence-electron chi connectivity index (χ1n) is 7.74. The highest BCUT2D eigenvalue weighted by Crippen LogP contribution is 2.17. The lowest BCUT2D eigenvalue weighted by molar-refractivity contribution is 0.233. The largest absolute Gasteiger partial charge is 0.356 e. The van der Waals surface area contributed by atoms with Crippen molar-refractivity contribution < 1.29 is 4.79 Å². The van der Waals surface area contributed by atoms with Gasteiger partial charge in [-0.15, -0.1) is 0 Å². The molecule has 0 spiro atoms. The van der Waals surface area contributed by atoms with Crippen LogP contribution in [0.25, 0.3) is 0 Å². The number of amides is 2. The quantitative estimate of drug-likeness (QED) is 0.889. The summed E-state index contributed by atoms with van der Waals surface area (Å²) in [5.41, 5.74) is 0.571. The second-order valence-electron chi connectivity index (χ2n) is 6.03. The Bertz CT molecular complexity index is 526. The lowest BCUT2D eigenvalue weighted by atomic mass is 10.1. The predicted molar refractivity (Wildman–Crippen MR) is 85.6 cm³/mol. The summed E-state index contributed by atoms with van der Waals surface area (Å²) in [6, 6.07) is 5.86. The van der Waals surface area contributed by atoms with Crippen molar-refractivity contribution in [3.05, 3.63) is 23.9 Å². The zero-order valence-corrected chi connectivity index (χ0v) is 13.2. The van der Waals surface area contributed by atoms with Gasteiger partial charge in [0.25, 0.3) is 0 Å². The number of anilines is 1. The summed E-state index contributed by atoms with van der Waals surface area (Å²) in [5.74, 6) is 1.34. The predicted octanol–water partition coefficient (Wildman–Crippen LogP) is 1.88. The minimum atomic E-state index is -0.0800. The van der Waals surface area contributed by atoms with Crippen molar-refractivity contribution in [1.82, 2.24) is 15.6 Å². The van der Waals surface area contributed by atoms with Crippen LogP contribution in [0.1, 0.15) is 32.3 Å². The van der Waals surface area contributed by atoms with Crippen molar-refractivity contribution >= 4 is 11.8 Å². The second-order valence-corrected chi connectivity index (χ2v) is 6.03. The lowest BCUT2D eigenvalue weighted by Crippen LogP contribution is -2.48. The minimum Gasteiger partial charge on any atom is -0.356 e. The number of carbonyl (C=O) groups excluding carboxylic acids is 1. The van der Waals surface area contributed by atoms with Crippen LogP contribution in [0.3, 0.4) is 0 Å². The summed E-state index contributed by atoms with van der Waals surface area (Å²) in [6.45, 7) is 6.55. The van der Waals surface area contributed by atoms with E-state index in [0.29, 0.717) is 18.0 Å². The van der Waals surface area contributed by atoms with Crippen LogP contribution in [0, 0.1) is 17.2 Å². The van der Waals surface area contributed by atoms with Gasteiger partial charge in [-0.2, -0.15) is 5.26 Å². The van der Waals surface area contributed by atoms with E-state index in [4.69, 9.17) is 5.26 Å². The Morgan fingerprint density at radius 2 is 2.18 bits per heavy atom. The molecular weight excluding hydrogens is 278 g/mol. The zero-order valence-electron chi connectivity index (χ0n) is 13.2. The molecule has 0 aromatic carbocycles. The summed E-state index contributed by atoms with van der Waals surface area (Å²) in [5, 5.41) is 14.7. The Hall–Kier alpha value is -2.29. The summed E-state index contributed by atoms with van der Waals surface area (Å²) >= 11 is 0. The Labute approximate surface area is 131 Å². The highest BCUT2D eigenvalue weighted by atomic mass is 16.2. The number of carbonyl (C=O) groups is 1. The third-order valence-electron chi connectivity index (χ3n) is 3.70. The summed E-state index contributed by atoms with van der Waals surface area (Å²) in [6.07, 6.45) is 3.40. The Balaban J connectivity index is 1.77. The lowest BCUT2D eigenvalue weighted by Gasteiger charge is -2.33. The molecule has 6 heteroatoms. The number of rotatable bonds is 4. The molecule has 6 nitrogen and oxygen atoms in total. The van der Waals surface area contributed by atoms with Crippen molar-refractivity contribution in [2.24, 2.45) is 5.92 Å². The molecule has 0 saturated carbocycles. The second kappa shape index (κ2) is 7.64. The van der Waals surface area contributed by atoms with Gasteiger partial charge in [0.1, 0.15) is 11.9 Å². The fraction of sp³-hybridized carbons (Fsp3) is 0.562. The van der Waals surface area contributed by atoms with Gasteiger partial charge < -0.3 is 15.5 Å². The molecule has 1 saturated heterocycles. The monoisotopic (exact) mass is 301 g/mol. The molecular formula is C16H23N5O. The molecule has 1 fully saturated rings. The molecule has 1 aromatic heterocycles. The molecule has 0 radical (unpaired) electrons. The van der Waals surface area contributed by atoms with Crippen LogP contribution in [-0.4, -0.2) is 36.7 Å². The Kier molecular flexibility index (Phi) is 5.59. The highest BCUT2D eigenvalue weighted by Gasteiger charge is 2.21. The van der Waals surface area contributed by atoms with Crippen LogP contribution in [0.2, 0.25) is 0 Å². The van der Waals surface area contributed by atoms with Crippen molar-refractivity contribution in [3.8, 4) is 6.07 Å².